The molecular weight excluding hydrogens is 677 g/mol. The van der Waals surface area contributed by atoms with Crippen LogP contribution in [0.5, 0.6) is 0 Å². The maximum Gasteiger partial charge on any atom is 0.0541 e. The monoisotopic (exact) mass is 714 g/mol. The molecule has 0 bridgehead atoms. The Labute approximate surface area is 327 Å². The van der Waals surface area contributed by atoms with E-state index < -0.39 is 0 Å². The highest BCUT2D eigenvalue weighted by molar-refractivity contribution is 6.09. The highest BCUT2D eigenvalue weighted by Crippen LogP contribution is 2.39. The normalized spacial score (nSPS) is 11.2. The molecule has 2 nitrogen and oxygen atoms in total. The molecule has 0 radical (unpaired) electrons. The molecule has 1 aromatic heterocycles. The molecule has 0 unspecified atom stereocenters. The summed E-state index contributed by atoms with van der Waals surface area (Å²) in [5.41, 5.74) is 16.4. The van der Waals surface area contributed by atoms with Crippen molar-refractivity contribution in [3.05, 3.63) is 231 Å². The first kappa shape index (κ1) is 33.2. The second-order valence-electron chi connectivity index (χ2n) is 14.2. The summed E-state index contributed by atoms with van der Waals surface area (Å²) < 4.78 is 2.38. The molecule has 0 saturated heterocycles. The predicted octanol–water partition coefficient (Wildman–Crippen LogP) is 14.9. The van der Waals surface area contributed by atoms with Gasteiger partial charge < -0.3 is 9.47 Å². The predicted molar refractivity (Wildman–Crippen MR) is 237 cm³/mol. The Hall–Kier alpha value is -7.42. The van der Waals surface area contributed by atoms with Crippen LogP contribution < -0.4 is 4.90 Å². The van der Waals surface area contributed by atoms with Crippen molar-refractivity contribution in [2.75, 3.05) is 4.90 Å². The number of aromatic nitrogens is 1. The Kier molecular flexibility index (Phi) is 8.55. The molecule has 0 saturated carbocycles. The van der Waals surface area contributed by atoms with Crippen LogP contribution in [0.3, 0.4) is 0 Å². The highest BCUT2D eigenvalue weighted by atomic mass is 15.1. The van der Waals surface area contributed by atoms with E-state index in [9.17, 15) is 0 Å². The standard InChI is InChI=1S/C54H38N2/c1-3-13-39(14-4-1)41-25-27-43(28-26-41)45-17-11-19-49(37-45)55(47-33-29-42(30-34-47)40-15-5-2-6-16-40)48-35-31-44(32-36-48)46-18-12-20-50(38-46)56-53-23-9-7-21-51(53)52-22-8-10-24-54(52)56/h1-38H. The van der Waals surface area contributed by atoms with Crippen molar-refractivity contribution in [1.29, 1.82) is 0 Å². The van der Waals surface area contributed by atoms with Crippen LogP contribution in [0.1, 0.15) is 0 Å². The number of fused-ring (bicyclic) bond motifs is 3. The van der Waals surface area contributed by atoms with E-state index >= 15 is 0 Å². The summed E-state index contributed by atoms with van der Waals surface area (Å²) in [6, 6.07) is 83.0. The summed E-state index contributed by atoms with van der Waals surface area (Å²) in [6.45, 7) is 0. The first-order chi connectivity index (χ1) is 27.8. The minimum absolute atomic E-state index is 1.09. The van der Waals surface area contributed by atoms with Crippen molar-refractivity contribution in [2.24, 2.45) is 0 Å². The molecule has 0 N–H and O–H groups in total. The molecule has 264 valence electrons. The van der Waals surface area contributed by atoms with Gasteiger partial charge in [0.25, 0.3) is 0 Å². The van der Waals surface area contributed by atoms with Crippen molar-refractivity contribution >= 4 is 38.9 Å². The van der Waals surface area contributed by atoms with Gasteiger partial charge in [0.1, 0.15) is 0 Å². The molecule has 0 aliphatic rings. The largest absolute Gasteiger partial charge is 0.310 e. The third kappa shape index (κ3) is 6.24. The van der Waals surface area contributed by atoms with Gasteiger partial charge in [-0.25, -0.2) is 0 Å². The van der Waals surface area contributed by atoms with Crippen LogP contribution >= 0.6 is 0 Å². The summed E-state index contributed by atoms with van der Waals surface area (Å²) in [6.07, 6.45) is 0. The average Bonchev–Trinajstić information content (AvgIpc) is 3.62. The van der Waals surface area contributed by atoms with Crippen LogP contribution in [0, 0.1) is 0 Å². The summed E-state index contributed by atoms with van der Waals surface area (Å²) >= 11 is 0. The topological polar surface area (TPSA) is 8.17 Å². The van der Waals surface area contributed by atoms with Crippen molar-refractivity contribution < 1.29 is 0 Å². The van der Waals surface area contributed by atoms with Gasteiger partial charge in [-0.1, -0.05) is 170 Å². The van der Waals surface area contributed by atoms with Crippen LogP contribution in [0.25, 0.3) is 72.0 Å². The van der Waals surface area contributed by atoms with E-state index in [1.54, 1.807) is 0 Å². The Morgan fingerprint density at radius 3 is 1.14 bits per heavy atom. The fraction of sp³-hybridized carbons (Fsp3) is 0. The molecule has 0 spiro atoms. The minimum Gasteiger partial charge on any atom is -0.310 e. The second kappa shape index (κ2) is 14.4. The summed E-state index contributed by atoms with van der Waals surface area (Å²) in [5, 5.41) is 2.53. The minimum atomic E-state index is 1.09. The lowest BCUT2D eigenvalue weighted by atomic mass is 9.99. The van der Waals surface area contributed by atoms with Gasteiger partial charge >= 0.3 is 0 Å². The van der Waals surface area contributed by atoms with Gasteiger partial charge in [-0.2, -0.15) is 0 Å². The maximum atomic E-state index is 2.38. The van der Waals surface area contributed by atoms with Gasteiger partial charge in [-0.3, -0.25) is 0 Å². The number of hydrogen-bond acceptors (Lipinski definition) is 1. The molecule has 56 heavy (non-hydrogen) atoms. The number of benzene rings is 9. The van der Waals surface area contributed by atoms with Gasteiger partial charge in [0.2, 0.25) is 0 Å². The number of rotatable bonds is 8. The van der Waals surface area contributed by atoms with E-state index in [0.717, 1.165) is 22.7 Å². The molecule has 10 aromatic rings. The van der Waals surface area contributed by atoms with Crippen LogP contribution in [-0.4, -0.2) is 4.57 Å². The Balaban J connectivity index is 1.02. The molecule has 1 heterocycles. The van der Waals surface area contributed by atoms with E-state index in [1.807, 2.05) is 0 Å². The van der Waals surface area contributed by atoms with Crippen molar-refractivity contribution in [1.82, 2.24) is 4.57 Å². The second-order valence-corrected chi connectivity index (χ2v) is 14.2. The molecule has 2 heteroatoms. The number of anilines is 3. The van der Waals surface area contributed by atoms with Gasteiger partial charge in [0.05, 0.1) is 11.0 Å². The van der Waals surface area contributed by atoms with Crippen molar-refractivity contribution in [3.8, 4) is 50.2 Å². The average molecular weight is 715 g/mol. The maximum absolute atomic E-state index is 2.38. The van der Waals surface area contributed by atoms with Crippen LogP contribution in [0.2, 0.25) is 0 Å². The van der Waals surface area contributed by atoms with Crippen molar-refractivity contribution in [3.63, 3.8) is 0 Å². The number of para-hydroxylation sites is 2. The molecule has 10 rings (SSSR count). The smallest absolute Gasteiger partial charge is 0.0541 e. The van der Waals surface area contributed by atoms with Crippen LogP contribution in [-0.2, 0) is 0 Å². The molecule has 0 aliphatic carbocycles. The van der Waals surface area contributed by atoms with Gasteiger partial charge in [0.15, 0.2) is 0 Å². The van der Waals surface area contributed by atoms with Crippen LogP contribution in [0.15, 0.2) is 231 Å². The van der Waals surface area contributed by atoms with E-state index in [-0.39, 0.29) is 0 Å². The summed E-state index contributed by atoms with van der Waals surface area (Å²) in [5.74, 6) is 0. The molecule has 0 amide bonds. The lowest BCUT2D eigenvalue weighted by Crippen LogP contribution is -2.10. The molecular formula is C54H38N2. The first-order valence-electron chi connectivity index (χ1n) is 19.2. The Bertz CT molecular complexity index is 2870. The molecule has 9 aromatic carbocycles. The van der Waals surface area contributed by atoms with E-state index in [1.165, 1.54) is 66.3 Å². The third-order valence-electron chi connectivity index (χ3n) is 10.8. The first-order valence-corrected chi connectivity index (χ1v) is 19.2. The van der Waals surface area contributed by atoms with Gasteiger partial charge in [-0.05, 0) is 105 Å². The number of nitrogens with zero attached hydrogens (tertiary/aromatic N) is 2. The zero-order valence-corrected chi connectivity index (χ0v) is 30.8. The zero-order valence-electron chi connectivity index (χ0n) is 30.8. The highest BCUT2D eigenvalue weighted by Gasteiger charge is 2.16. The summed E-state index contributed by atoms with van der Waals surface area (Å²) in [4.78, 5) is 2.36. The summed E-state index contributed by atoms with van der Waals surface area (Å²) in [7, 11) is 0. The van der Waals surface area contributed by atoms with E-state index in [4.69, 9.17) is 0 Å². The van der Waals surface area contributed by atoms with Crippen molar-refractivity contribution in [2.45, 2.75) is 0 Å². The fourth-order valence-corrected chi connectivity index (χ4v) is 8.02. The Morgan fingerprint density at radius 2 is 0.625 bits per heavy atom. The third-order valence-corrected chi connectivity index (χ3v) is 10.8. The van der Waals surface area contributed by atoms with E-state index in [0.29, 0.717) is 0 Å². The fourth-order valence-electron chi connectivity index (χ4n) is 8.02. The quantitative estimate of drug-likeness (QED) is 0.152. The van der Waals surface area contributed by atoms with Gasteiger partial charge in [-0.15, -0.1) is 0 Å². The SMILES string of the molecule is c1ccc(-c2ccc(-c3cccc(N(c4ccc(-c5ccccc5)cc4)c4ccc(-c5cccc(-n6c7ccccc7c7ccccc76)c5)cc4)c3)cc2)cc1. The molecule has 0 atom stereocenters. The number of hydrogen-bond donors (Lipinski definition) is 0. The Morgan fingerprint density at radius 1 is 0.250 bits per heavy atom. The van der Waals surface area contributed by atoms with Crippen LogP contribution in [0.4, 0.5) is 17.1 Å². The zero-order chi connectivity index (χ0) is 37.3. The van der Waals surface area contributed by atoms with E-state index in [2.05, 4.69) is 240 Å². The molecule has 0 aliphatic heterocycles. The lowest BCUT2D eigenvalue weighted by Gasteiger charge is -2.26. The van der Waals surface area contributed by atoms with Gasteiger partial charge in [0, 0.05) is 33.5 Å². The lowest BCUT2D eigenvalue weighted by molar-refractivity contribution is 1.18. The molecule has 0 fully saturated rings.